The number of ether oxygens (including phenoxy) is 2. The highest BCUT2D eigenvalue weighted by Gasteiger charge is 2.22. The molecule has 0 unspecified atom stereocenters. The van der Waals surface area contributed by atoms with E-state index in [0.717, 1.165) is 40.1 Å². The summed E-state index contributed by atoms with van der Waals surface area (Å²) in [6.07, 6.45) is 3.40. The van der Waals surface area contributed by atoms with Gasteiger partial charge in [-0.1, -0.05) is 25.5 Å². The van der Waals surface area contributed by atoms with Gasteiger partial charge in [0.25, 0.3) is 5.91 Å². The van der Waals surface area contributed by atoms with E-state index in [1.165, 1.54) is 17.7 Å². The van der Waals surface area contributed by atoms with E-state index < -0.39 is 0 Å². The minimum absolute atomic E-state index is 0.0504. The zero-order valence-corrected chi connectivity index (χ0v) is 17.3. The van der Waals surface area contributed by atoms with Gasteiger partial charge in [-0.3, -0.25) is 4.79 Å². The SMILES string of the molecule is CCCCNC(=O)c1sc2ncnc(NC[C@@H]3COc4ccccc4O3)c2c1C. The average molecular weight is 413 g/mol. The van der Waals surface area contributed by atoms with Crippen molar-refractivity contribution >= 4 is 33.3 Å². The van der Waals surface area contributed by atoms with Crippen molar-refractivity contribution in [2.75, 3.05) is 25.0 Å². The Morgan fingerprint density at radius 2 is 2.10 bits per heavy atom. The van der Waals surface area contributed by atoms with E-state index in [4.69, 9.17) is 9.47 Å². The third-order valence-electron chi connectivity index (χ3n) is 4.81. The number of unbranched alkanes of at least 4 members (excludes halogenated alkanes) is 1. The Bertz CT molecular complexity index is 1020. The molecule has 2 N–H and O–H groups in total. The van der Waals surface area contributed by atoms with Crippen LogP contribution in [0.25, 0.3) is 10.2 Å². The van der Waals surface area contributed by atoms with E-state index in [9.17, 15) is 4.79 Å². The molecule has 0 saturated carbocycles. The number of aryl methyl sites for hydroxylation is 1. The Morgan fingerprint density at radius 1 is 1.28 bits per heavy atom. The molecule has 8 heteroatoms. The first-order chi connectivity index (χ1) is 14.2. The molecule has 3 aromatic rings. The molecule has 2 aromatic heterocycles. The number of thiophene rings is 1. The van der Waals surface area contributed by atoms with Gasteiger partial charge in [0.1, 0.15) is 29.7 Å². The molecule has 1 aliphatic rings. The molecular weight excluding hydrogens is 388 g/mol. The number of hydrogen-bond donors (Lipinski definition) is 2. The molecule has 1 aliphatic heterocycles. The van der Waals surface area contributed by atoms with Crippen LogP contribution in [-0.4, -0.2) is 41.7 Å². The van der Waals surface area contributed by atoms with Gasteiger partial charge in [-0.15, -0.1) is 11.3 Å². The Balaban J connectivity index is 1.49. The van der Waals surface area contributed by atoms with Crippen LogP contribution in [0.1, 0.15) is 35.0 Å². The topological polar surface area (TPSA) is 85.4 Å². The van der Waals surface area contributed by atoms with Crippen molar-refractivity contribution in [3.8, 4) is 11.5 Å². The number of nitrogens with zero attached hydrogens (tertiary/aromatic N) is 2. The van der Waals surface area contributed by atoms with Crippen molar-refractivity contribution in [2.24, 2.45) is 0 Å². The first-order valence-electron chi connectivity index (χ1n) is 9.82. The number of para-hydroxylation sites is 2. The molecule has 0 fully saturated rings. The summed E-state index contributed by atoms with van der Waals surface area (Å²) >= 11 is 1.40. The molecule has 0 radical (unpaired) electrons. The van der Waals surface area contributed by atoms with E-state index in [0.29, 0.717) is 30.4 Å². The lowest BCUT2D eigenvalue weighted by Crippen LogP contribution is -2.35. The number of amides is 1. The number of nitrogens with one attached hydrogen (secondary N) is 2. The van der Waals surface area contributed by atoms with E-state index in [1.54, 1.807) is 0 Å². The maximum absolute atomic E-state index is 12.5. The molecule has 29 heavy (non-hydrogen) atoms. The Morgan fingerprint density at radius 3 is 2.93 bits per heavy atom. The second-order valence-corrected chi connectivity index (χ2v) is 7.95. The Labute approximate surface area is 173 Å². The summed E-state index contributed by atoms with van der Waals surface area (Å²) in [6.45, 7) is 5.72. The third kappa shape index (κ3) is 4.12. The van der Waals surface area contributed by atoms with Crippen LogP contribution < -0.4 is 20.1 Å². The van der Waals surface area contributed by atoms with E-state index >= 15 is 0 Å². The summed E-state index contributed by atoms with van der Waals surface area (Å²) < 4.78 is 11.8. The molecule has 0 aliphatic carbocycles. The van der Waals surface area contributed by atoms with Crippen molar-refractivity contribution < 1.29 is 14.3 Å². The molecule has 0 bridgehead atoms. The number of anilines is 1. The van der Waals surface area contributed by atoms with Gasteiger partial charge < -0.3 is 20.1 Å². The number of carbonyl (C=O) groups excluding carboxylic acids is 1. The van der Waals surface area contributed by atoms with Crippen molar-refractivity contribution in [1.29, 1.82) is 0 Å². The number of benzene rings is 1. The lowest BCUT2D eigenvalue weighted by molar-refractivity contribution is 0.0956. The monoisotopic (exact) mass is 412 g/mol. The van der Waals surface area contributed by atoms with Gasteiger partial charge >= 0.3 is 0 Å². The number of fused-ring (bicyclic) bond motifs is 2. The lowest BCUT2D eigenvalue weighted by Gasteiger charge is -2.26. The zero-order valence-electron chi connectivity index (χ0n) is 16.5. The second-order valence-electron chi connectivity index (χ2n) is 6.95. The maximum atomic E-state index is 12.5. The third-order valence-corrected chi connectivity index (χ3v) is 6.01. The van der Waals surface area contributed by atoms with Gasteiger partial charge in [-0.05, 0) is 31.0 Å². The molecule has 0 spiro atoms. The fraction of sp³-hybridized carbons (Fsp3) is 0.381. The average Bonchev–Trinajstić information content (AvgIpc) is 3.09. The fourth-order valence-electron chi connectivity index (χ4n) is 3.26. The van der Waals surface area contributed by atoms with Crippen LogP contribution in [0, 0.1) is 6.92 Å². The van der Waals surface area contributed by atoms with Crippen LogP contribution in [0.15, 0.2) is 30.6 Å². The summed E-state index contributed by atoms with van der Waals surface area (Å²) in [6, 6.07) is 7.65. The molecule has 1 amide bonds. The van der Waals surface area contributed by atoms with Gasteiger partial charge in [0.15, 0.2) is 11.5 Å². The smallest absolute Gasteiger partial charge is 0.261 e. The van der Waals surface area contributed by atoms with Crippen LogP contribution in [0.3, 0.4) is 0 Å². The molecule has 1 aromatic carbocycles. The normalized spacial score (nSPS) is 15.3. The summed E-state index contributed by atoms with van der Waals surface area (Å²) in [5, 5.41) is 7.22. The molecular formula is C21H24N4O3S. The van der Waals surface area contributed by atoms with Crippen molar-refractivity contribution in [3.63, 3.8) is 0 Å². The van der Waals surface area contributed by atoms with Crippen LogP contribution in [0.4, 0.5) is 5.82 Å². The summed E-state index contributed by atoms with van der Waals surface area (Å²) in [5.41, 5.74) is 0.897. The quantitative estimate of drug-likeness (QED) is 0.575. The van der Waals surface area contributed by atoms with Gasteiger partial charge in [-0.2, -0.15) is 0 Å². The zero-order chi connectivity index (χ0) is 20.2. The van der Waals surface area contributed by atoms with Gasteiger partial charge in [0, 0.05) is 6.54 Å². The Kier molecular flexibility index (Phi) is 5.80. The first kappa shape index (κ1) is 19.4. The van der Waals surface area contributed by atoms with Gasteiger partial charge in [0.2, 0.25) is 0 Å². The number of rotatable bonds is 7. The van der Waals surface area contributed by atoms with Crippen LogP contribution >= 0.6 is 11.3 Å². The molecule has 1 atom stereocenters. The largest absolute Gasteiger partial charge is 0.486 e. The molecule has 7 nitrogen and oxygen atoms in total. The number of hydrogen-bond acceptors (Lipinski definition) is 7. The molecule has 4 rings (SSSR count). The standard InChI is InChI=1S/C21H24N4O3S/c1-3-4-9-22-20(26)18-13(2)17-19(24-12-25-21(17)29-18)23-10-14-11-27-15-7-5-6-8-16(15)28-14/h5-8,12,14H,3-4,9-11H2,1-2H3,(H,22,26)(H,23,24,25)/t14-/m1/s1. The van der Waals surface area contributed by atoms with Crippen LogP contribution in [0.2, 0.25) is 0 Å². The molecule has 152 valence electrons. The summed E-state index contributed by atoms with van der Waals surface area (Å²) in [5.74, 6) is 2.17. The maximum Gasteiger partial charge on any atom is 0.261 e. The van der Waals surface area contributed by atoms with Crippen LogP contribution in [0.5, 0.6) is 11.5 Å². The molecule has 3 heterocycles. The van der Waals surface area contributed by atoms with Gasteiger partial charge in [0.05, 0.1) is 16.8 Å². The highest BCUT2D eigenvalue weighted by Crippen LogP contribution is 2.34. The predicted molar refractivity (Wildman–Crippen MR) is 114 cm³/mol. The molecule has 0 saturated heterocycles. The highest BCUT2D eigenvalue weighted by atomic mass is 32.1. The van der Waals surface area contributed by atoms with E-state index in [2.05, 4.69) is 27.5 Å². The fourth-order valence-corrected chi connectivity index (χ4v) is 4.32. The Hall–Kier alpha value is -2.87. The predicted octanol–water partition coefficient (Wildman–Crippen LogP) is 3.78. The highest BCUT2D eigenvalue weighted by molar-refractivity contribution is 7.20. The summed E-state index contributed by atoms with van der Waals surface area (Å²) in [7, 11) is 0. The van der Waals surface area contributed by atoms with Crippen molar-refractivity contribution in [3.05, 3.63) is 41.0 Å². The first-order valence-corrected chi connectivity index (χ1v) is 10.6. The number of carbonyl (C=O) groups is 1. The van der Waals surface area contributed by atoms with Crippen molar-refractivity contribution in [1.82, 2.24) is 15.3 Å². The lowest BCUT2D eigenvalue weighted by atomic mass is 10.2. The summed E-state index contributed by atoms with van der Waals surface area (Å²) in [4.78, 5) is 22.8. The number of aromatic nitrogens is 2. The minimum atomic E-state index is -0.134. The van der Waals surface area contributed by atoms with E-state index in [-0.39, 0.29) is 12.0 Å². The van der Waals surface area contributed by atoms with E-state index in [1.807, 2.05) is 31.2 Å². The second kappa shape index (κ2) is 8.65. The van der Waals surface area contributed by atoms with Gasteiger partial charge in [-0.25, -0.2) is 9.97 Å². The van der Waals surface area contributed by atoms with Crippen molar-refractivity contribution in [2.45, 2.75) is 32.8 Å². The minimum Gasteiger partial charge on any atom is -0.486 e. The van der Waals surface area contributed by atoms with Crippen LogP contribution in [-0.2, 0) is 0 Å².